The van der Waals surface area contributed by atoms with Crippen molar-refractivity contribution in [2.75, 3.05) is 39.3 Å². The van der Waals surface area contributed by atoms with Crippen molar-refractivity contribution in [3.05, 3.63) is 29.8 Å². The second kappa shape index (κ2) is 8.54. The normalized spacial score (nSPS) is 19.1. The summed E-state index contributed by atoms with van der Waals surface area (Å²) >= 11 is 0. The number of nitrogens with zero attached hydrogens (tertiary/aromatic N) is 2. The first-order valence-corrected chi connectivity index (χ1v) is 9.61. The lowest BCUT2D eigenvalue weighted by atomic mass is 10.1. The van der Waals surface area contributed by atoms with Gasteiger partial charge in [-0.25, -0.2) is 0 Å². The number of nitrogens with one attached hydrogen (secondary N) is 1. The number of hydrogen-bond donors (Lipinski definition) is 1. The molecule has 1 heterocycles. The largest absolute Gasteiger partial charge is 0.493 e. The van der Waals surface area contributed by atoms with Crippen LogP contribution in [0.4, 0.5) is 0 Å². The van der Waals surface area contributed by atoms with E-state index in [4.69, 9.17) is 4.74 Å². The lowest BCUT2D eigenvalue weighted by molar-refractivity contribution is -0.123. The number of carbonyl (C=O) groups is 2. The van der Waals surface area contributed by atoms with Gasteiger partial charge in [0.2, 0.25) is 5.91 Å². The van der Waals surface area contributed by atoms with E-state index in [1.165, 1.54) is 12.8 Å². The zero-order chi connectivity index (χ0) is 18.5. The third-order valence-electron chi connectivity index (χ3n) is 5.16. The molecule has 1 atom stereocenters. The molecule has 0 radical (unpaired) electrons. The second-order valence-electron chi connectivity index (χ2n) is 7.19. The molecule has 6 nitrogen and oxygen atoms in total. The second-order valence-corrected chi connectivity index (χ2v) is 7.19. The van der Waals surface area contributed by atoms with Crippen LogP contribution in [-0.4, -0.2) is 67.0 Å². The molecule has 3 rings (SSSR count). The Balaban J connectivity index is 1.48. The highest BCUT2D eigenvalue weighted by Gasteiger charge is 2.30. The highest BCUT2D eigenvalue weighted by Crippen LogP contribution is 2.32. The molecule has 1 aromatic rings. The van der Waals surface area contributed by atoms with Gasteiger partial charge in [-0.3, -0.25) is 14.5 Å². The maximum Gasteiger partial charge on any atom is 0.257 e. The van der Waals surface area contributed by atoms with E-state index in [0.717, 1.165) is 0 Å². The van der Waals surface area contributed by atoms with Gasteiger partial charge in [-0.1, -0.05) is 12.1 Å². The Labute approximate surface area is 155 Å². The maximum atomic E-state index is 12.8. The first kappa shape index (κ1) is 18.7. The van der Waals surface area contributed by atoms with Crippen LogP contribution in [0.15, 0.2) is 24.3 Å². The minimum Gasteiger partial charge on any atom is -0.493 e. The predicted octanol–water partition coefficient (Wildman–Crippen LogP) is 1.76. The Hall–Kier alpha value is -2.08. The van der Waals surface area contributed by atoms with E-state index in [1.807, 2.05) is 36.1 Å². The van der Waals surface area contributed by atoms with Crippen molar-refractivity contribution in [3.8, 4) is 5.75 Å². The van der Waals surface area contributed by atoms with Gasteiger partial charge in [0.05, 0.1) is 18.7 Å². The highest BCUT2D eigenvalue weighted by molar-refractivity contribution is 5.97. The van der Waals surface area contributed by atoms with Gasteiger partial charge in [0, 0.05) is 32.2 Å². The summed E-state index contributed by atoms with van der Waals surface area (Å²) in [6.07, 6.45) is 2.46. The number of ether oxygens (including phenoxy) is 1. The molecule has 1 N–H and O–H groups in total. The minimum atomic E-state index is 0.000470. The summed E-state index contributed by atoms with van der Waals surface area (Å²) in [5, 5.41) is 3.09. The van der Waals surface area contributed by atoms with Gasteiger partial charge in [0.15, 0.2) is 0 Å². The van der Waals surface area contributed by atoms with Crippen LogP contribution in [-0.2, 0) is 4.79 Å². The summed E-state index contributed by atoms with van der Waals surface area (Å²) in [5.74, 6) is 1.39. The molecule has 6 heteroatoms. The van der Waals surface area contributed by atoms with Crippen molar-refractivity contribution < 1.29 is 14.3 Å². The van der Waals surface area contributed by atoms with Crippen molar-refractivity contribution in [1.82, 2.24) is 15.1 Å². The topological polar surface area (TPSA) is 61.9 Å². The van der Waals surface area contributed by atoms with Crippen LogP contribution in [0.5, 0.6) is 5.75 Å². The number of benzene rings is 1. The number of rotatable bonds is 7. The molecule has 2 fully saturated rings. The molecular formula is C20H29N3O3. The van der Waals surface area contributed by atoms with Crippen LogP contribution >= 0.6 is 0 Å². The first-order chi connectivity index (χ1) is 12.6. The van der Waals surface area contributed by atoms with Crippen molar-refractivity contribution in [1.29, 1.82) is 0 Å². The van der Waals surface area contributed by atoms with Gasteiger partial charge in [-0.2, -0.15) is 0 Å². The lowest BCUT2D eigenvalue weighted by Crippen LogP contribution is -2.51. The Kier molecular flexibility index (Phi) is 6.14. The van der Waals surface area contributed by atoms with Crippen LogP contribution in [0.25, 0.3) is 0 Å². The van der Waals surface area contributed by atoms with Crippen LogP contribution in [0.2, 0.25) is 0 Å². The molecular weight excluding hydrogens is 330 g/mol. The van der Waals surface area contributed by atoms with E-state index in [0.29, 0.717) is 56.6 Å². The van der Waals surface area contributed by atoms with E-state index in [1.54, 1.807) is 0 Å². The zero-order valence-corrected chi connectivity index (χ0v) is 15.7. The fraction of sp³-hybridized carbons (Fsp3) is 0.600. The summed E-state index contributed by atoms with van der Waals surface area (Å²) < 4.78 is 5.57. The molecule has 0 bridgehead atoms. The molecule has 2 amide bonds. The Bertz CT molecular complexity index is 637. The number of carbonyl (C=O) groups excluding carboxylic acids is 2. The van der Waals surface area contributed by atoms with E-state index in [2.05, 4.69) is 17.1 Å². The van der Waals surface area contributed by atoms with Crippen molar-refractivity contribution >= 4 is 11.8 Å². The summed E-state index contributed by atoms with van der Waals surface area (Å²) in [5.41, 5.74) is 0.610. The summed E-state index contributed by atoms with van der Waals surface area (Å²) in [4.78, 5) is 28.9. The highest BCUT2D eigenvalue weighted by atomic mass is 16.5. The molecule has 1 aliphatic heterocycles. The van der Waals surface area contributed by atoms with Gasteiger partial charge in [-0.15, -0.1) is 0 Å². The van der Waals surface area contributed by atoms with Gasteiger partial charge < -0.3 is 15.0 Å². The molecule has 1 aromatic carbocycles. The molecule has 142 valence electrons. The minimum absolute atomic E-state index is 0.000470. The standard InChI is InChI=1S/C20H29N3O3/c1-3-26-18-7-5-4-6-17(18)20(25)23-12-10-22(11-13-23)14-19(24)21-15(2)16-8-9-16/h4-7,15-16H,3,8-14H2,1-2H3,(H,21,24). The third kappa shape index (κ3) is 4.75. The maximum absolute atomic E-state index is 12.8. The van der Waals surface area contributed by atoms with Crippen LogP contribution in [0.1, 0.15) is 37.0 Å². The molecule has 0 spiro atoms. The summed E-state index contributed by atoms with van der Waals surface area (Å²) in [6, 6.07) is 7.66. The van der Waals surface area contributed by atoms with E-state index < -0.39 is 0 Å². The van der Waals surface area contributed by atoms with Gasteiger partial charge in [0.1, 0.15) is 5.75 Å². The van der Waals surface area contributed by atoms with Gasteiger partial charge in [-0.05, 0) is 44.7 Å². The van der Waals surface area contributed by atoms with E-state index >= 15 is 0 Å². The molecule has 1 saturated carbocycles. The van der Waals surface area contributed by atoms with Crippen LogP contribution in [0, 0.1) is 5.92 Å². The molecule has 26 heavy (non-hydrogen) atoms. The molecule has 2 aliphatic rings. The first-order valence-electron chi connectivity index (χ1n) is 9.61. The van der Waals surface area contributed by atoms with Crippen LogP contribution < -0.4 is 10.1 Å². The van der Waals surface area contributed by atoms with Crippen LogP contribution in [0.3, 0.4) is 0 Å². The average molecular weight is 359 g/mol. The molecule has 0 aromatic heterocycles. The smallest absolute Gasteiger partial charge is 0.257 e. The molecule has 1 saturated heterocycles. The molecule has 1 unspecified atom stereocenters. The number of hydrogen-bond acceptors (Lipinski definition) is 4. The van der Waals surface area contributed by atoms with Crippen molar-refractivity contribution in [3.63, 3.8) is 0 Å². The van der Waals surface area contributed by atoms with Gasteiger partial charge in [0.25, 0.3) is 5.91 Å². The Morgan fingerprint density at radius 3 is 2.54 bits per heavy atom. The monoisotopic (exact) mass is 359 g/mol. The Morgan fingerprint density at radius 1 is 1.19 bits per heavy atom. The van der Waals surface area contributed by atoms with E-state index in [-0.39, 0.29) is 17.9 Å². The zero-order valence-electron chi connectivity index (χ0n) is 15.7. The van der Waals surface area contributed by atoms with Gasteiger partial charge >= 0.3 is 0 Å². The summed E-state index contributed by atoms with van der Waals surface area (Å²) in [7, 11) is 0. The summed E-state index contributed by atoms with van der Waals surface area (Å²) in [6.45, 7) is 7.63. The Morgan fingerprint density at radius 2 is 1.88 bits per heavy atom. The fourth-order valence-electron chi connectivity index (χ4n) is 3.42. The number of amides is 2. The quantitative estimate of drug-likeness (QED) is 0.806. The van der Waals surface area contributed by atoms with E-state index in [9.17, 15) is 9.59 Å². The fourth-order valence-corrected chi connectivity index (χ4v) is 3.42. The SMILES string of the molecule is CCOc1ccccc1C(=O)N1CCN(CC(=O)NC(C)C2CC2)CC1. The number of piperazine rings is 1. The van der Waals surface area contributed by atoms with Crippen molar-refractivity contribution in [2.24, 2.45) is 5.92 Å². The third-order valence-corrected chi connectivity index (χ3v) is 5.16. The molecule has 1 aliphatic carbocycles. The number of para-hydroxylation sites is 1. The predicted molar refractivity (Wildman–Crippen MR) is 100 cm³/mol. The van der Waals surface area contributed by atoms with Crippen molar-refractivity contribution in [2.45, 2.75) is 32.7 Å². The average Bonchev–Trinajstić information content (AvgIpc) is 3.48. The lowest BCUT2D eigenvalue weighted by Gasteiger charge is -2.34.